The number of rotatable bonds is 6. The summed E-state index contributed by atoms with van der Waals surface area (Å²) in [5, 5.41) is 9.69. The highest BCUT2D eigenvalue weighted by Crippen LogP contribution is 2.25. The molecule has 1 amide bonds. The third kappa shape index (κ3) is 3.89. The SMILES string of the molecule is CCCCCC(C)NC(=O)C1CNc2ccccc2N1. The first-order valence-electron chi connectivity index (χ1n) is 7.60. The maximum atomic E-state index is 12.2. The number of benzene rings is 1. The highest BCUT2D eigenvalue weighted by Gasteiger charge is 2.24. The molecule has 1 aliphatic rings. The quantitative estimate of drug-likeness (QED) is 0.700. The minimum absolute atomic E-state index is 0.0796. The molecule has 4 nitrogen and oxygen atoms in total. The molecular weight excluding hydrogens is 250 g/mol. The van der Waals surface area contributed by atoms with Crippen molar-refractivity contribution in [2.45, 2.75) is 51.6 Å². The second-order valence-electron chi connectivity index (χ2n) is 5.53. The Labute approximate surface area is 121 Å². The molecule has 0 saturated carbocycles. The fraction of sp³-hybridized carbons (Fsp3) is 0.562. The number of hydrogen-bond donors (Lipinski definition) is 3. The van der Waals surface area contributed by atoms with Gasteiger partial charge in [0.25, 0.3) is 0 Å². The van der Waals surface area contributed by atoms with E-state index in [1.165, 1.54) is 19.3 Å². The average Bonchev–Trinajstić information content (AvgIpc) is 2.47. The number of hydrogen-bond acceptors (Lipinski definition) is 3. The zero-order valence-electron chi connectivity index (χ0n) is 12.4. The number of amides is 1. The van der Waals surface area contributed by atoms with Crippen molar-refractivity contribution >= 4 is 17.3 Å². The molecule has 0 bridgehead atoms. The molecule has 1 aromatic carbocycles. The van der Waals surface area contributed by atoms with Gasteiger partial charge in [-0.2, -0.15) is 0 Å². The van der Waals surface area contributed by atoms with E-state index in [1.807, 2.05) is 24.3 Å². The first-order valence-corrected chi connectivity index (χ1v) is 7.60. The lowest BCUT2D eigenvalue weighted by Gasteiger charge is -2.28. The van der Waals surface area contributed by atoms with E-state index in [9.17, 15) is 4.79 Å². The van der Waals surface area contributed by atoms with Crippen LogP contribution in [0.2, 0.25) is 0 Å². The van der Waals surface area contributed by atoms with Gasteiger partial charge in [-0.15, -0.1) is 0 Å². The molecule has 20 heavy (non-hydrogen) atoms. The predicted octanol–water partition coefficient (Wildman–Crippen LogP) is 2.98. The summed E-state index contributed by atoms with van der Waals surface area (Å²) in [4.78, 5) is 12.2. The van der Waals surface area contributed by atoms with Crippen LogP contribution in [0, 0.1) is 0 Å². The van der Waals surface area contributed by atoms with Crippen LogP contribution >= 0.6 is 0 Å². The molecule has 2 unspecified atom stereocenters. The first kappa shape index (κ1) is 14.7. The molecule has 110 valence electrons. The van der Waals surface area contributed by atoms with Gasteiger partial charge in [0, 0.05) is 12.6 Å². The number of unbranched alkanes of at least 4 members (excludes halogenated alkanes) is 2. The summed E-state index contributed by atoms with van der Waals surface area (Å²) in [6.45, 7) is 4.90. The van der Waals surface area contributed by atoms with E-state index in [4.69, 9.17) is 0 Å². The standard InChI is InChI=1S/C16H25N3O/c1-3-4-5-8-12(2)18-16(20)15-11-17-13-9-6-7-10-14(13)19-15/h6-7,9-10,12,15,17,19H,3-5,8,11H2,1-2H3,(H,18,20). The number of para-hydroxylation sites is 2. The van der Waals surface area contributed by atoms with Crippen LogP contribution in [0.15, 0.2) is 24.3 Å². The molecule has 3 N–H and O–H groups in total. The molecule has 1 heterocycles. The molecule has 1 aliphatic heterocycles. The number of carbonyl (C=O) groups is 1. The summed E-state index contributed by atoms with van der Waals surface area (Å²) in [6, 6.07) is 8.02. The van der Waals surface area contributed by atoms with E-state index in [-0.39, 0.29) is 18.0 Å². The normalized spacial score (nSPS) is 18.4. The Morgan fingerprint density at radius 2 is 2.10 bits per heavy atom. The van der Waals surface area contributed by atoms with E-state index in [0.29, 0.717) is 6.54 Å². The summed E-state index contributed by atoms with van der Waals surface area (Å²) in [5.74, 6) is 0.0796. The second kappa shape index (κ2) is 7.17. The van der Waals surface area contributed by atoms with Gasteiger partial charge in [0.1, 0.15) is 6.04 Å². The van der Waals surface area contributed by atoms with E-state index < -0.39 is 0 Å². The fourth-order valence-electron chi connectivity index (χ4n) is 2.49. The van der Waals surface area contributed by atoms with Crippen molar-refractivity contribution in [3.8, 4) is 0 Å². The number of anilines is 2. The molecule has 0 aliphatic carbocycles. The van der Waals surface area contributed by atoms with Crippen molar-refractivity contribution in [2.24, 2.45) is 0 Å². The van der Waals surface area contributed by atoms with Crippen LogP contribution in [-0.2, 0) is 4.79 Å². The molecule has 2 rings (SSSR count). The van der Waals surface area contributed by atoms with Crippen LogP contribution in [0.1, 0.15) is 39.5 Å². The Morgan fingerprint density at radius 3 is 2.85 bits per heavy atom. The van der Waals surface area contributed by atoms with Crippen molar-refractivity contribution in [3.05, 3.63) is 24.3 Å². The largest absolute Gasteiger partial charge is 0.381 e. The maximum absolute atomic E-state index is 12.2. The zero-order valence-corrected chi connectivity index (χ0v) is 12.4. The molecule has 0 aromatic heterocycles. The van der Waals surface area contributed by atoms with Gasteiger partial charge in [-0.05, 0) is 25.5 Å². The summed E-state index contributed by atoms with van der Waals surface area (Å²) < 4.78 is 0. The summed E-state index contributed by atoms with van der Waals surface area (Å²) in [5.41, 5.74) is 2.06. The minimum Gasteiger partial charge on any atom is -0.381 e. The van der Waals surface area contributed by atoms with Crippen molar-refractivity contribution < 1.29 is 4.79 Å². The second-order valence-corrected chi connectivity index (χ2v) is 5.53. The van der Waals surface area contributed by atoms with E-state index in [1.54, 1.807) is 0 Å². The van der Waals surface area contributed by atoms with Crippen molar-refractivity contribution in [3.63, 3.8) is 0 Å². The summed E-state index contributed by atoms with van der Waals surface area (Å²) in [6.07, 6.45) is 4.68. The molecule has 4 heteroatoms. The lowest BCUT2D eigenvalue weighted by Crippen LogP contribution is -2.48. The summed E-state index contributed by atoms with van der Waals surface area (Å²) in [7, 11) is 0. The van der Waals surface area contributed by atoms with E-state index >= 15 is 0 Å². The molecule has 0 saturated heterocycles. The van der Waals surface area contributed by atoms with Gasteiger partial charge in [0.2, 0.25) is 5.91 Å². The number of carbonyl (C=O) groups excluding carboxylic acids is 1. The highest BCUT2D eigenvalue weighted by molar-refractivity contribution is 5.88. The lowest BCUT2D eigenvalue weighted by molar-refractivity contribution is -0.122. The first-order chi connectivity index (χ1) is 9.70. The molecular formula is C16H25N3O. The lowest BCUT2D eigenvalue weighted by atomic mass is 10.1. The van der Waals surface area contributed by atoms with Gasteiger partial charge >= 0.3 is 0 Å². The van der Waals surface area contributed by atoms with Gasteiger partial charge in [0.15, 0.2) is 0 Å². The molecule has 0 fully saturated rings. The Bertz CT molecular complexity index is 447. The number of fused-ring (bicyclic) bond motifs is 1. The van der Waals surface area contributed by atoms with Crippen LogP contribution in [-0.4, -0.2) is 24.5 Å². The van der Waals surface area contributed by atoms with Crippen LogP contribution in [0.5, 0.6) is 0 Å². The van der Waals surface area contributed by atoms with Crippen molar-refractivity contribution in [1.29, 1.82) is 0 Å². The third-order valence-corrected chi connectivity index (χ3v) is 3.70. The fourth-order valence-corrected chi connectivity index (χ4v) is 2.49. The molecule has 0 spiro atoms. The topological polar surface area (TPSA) is 53.2 Å². The van der Waals surface area contributed by atoms with Crippen molar-refractivity contribution in [2.75, 3.05) is 17.2 Å². The minimum atomic E-state index is -0.196. The Hall–Kier alpha value is -1.71. The van der Waals surface area contributed by atoms with Gasteiger partial charge in [-0.1, -0.05) is 38.3 Å². The van der Waals surface area contributed by atoms with E-state index in [0.717, 1.165) is 17.8 Å². The Kier molecular flexibility index (Phi) is 5.27. The molecule has 1 aromatic rings. The predicted molar refractivity (Wildman–Crippen MR) is 84.1 cm³/mol. The summed E-state index contributed by atoms with van der Waals surface area (Å²) >= 11 is 0. The molecule has 0 radical (unpaired) electrons. The van der Waals surface area contributed by atoms with Crippen LogP contribution in [0.25, 0.3) is 0 Å². The molecule has 2 atom stereocenters. The third-order valence-electron chi connectivity index (χ3n) is 3.70. The maximum Gasteiger partial charge on any atom is 0.244 e. The van der Waals surface area contributed by atoms with Crippen LogP contribution in [0.4, 0.5) is 11.4 Å². The van der Waals surface area contributed by atoms with Gasteiger partial charge in [-0.25, -0.2) is 0 Å². The monoisotopic (exact) mass is 275 g/mol. The Morgan fingerprint density at radius 1 is 1.35 bits per heavy atom. The zero-order chi connectivity index (χ0) is 14.4. The van der Waals surface area contributed by atoms with Crippen LogP contribution in [0.3, 0.4) is 0 Å². The van der Waals surface area contributed by atoms with Crippen molar-refractivity contribution in [1.82, 2.24) is 5.32 Å². The number of nitrogens with one attached hydrogen (secondary N) is 3. The van der Waals surface area contributed by atoms with Gasteiger partial charge < -0.3 is 16.0 Å². The highest BCUT2D eigenvalue weighted by atomic mass is 16.2. The Balaban J connectivity index is 1.82. The van der Waals surface area contributed by atoms with Crippen LogP contribution < -0.4 is 16.0 Å². The van der Waals surface area contributed by atoms with Gasteiger partial charge in [0.05, 0.1) is 11.4 Å². The smallest absolute Gasteiger partial charge is 0.244 e. The van der Waals surface area contributed by atoms with E-state index in [2.05, 4.69) is 29.8 Å². The average molecular weight is 275 g/mol. The van der Waals surface area contributed by atoms with Gasteiger partial charge in [-0.3, -0.25) is 4.79 Å².